The maximum Gasteiger partial charge on any atom is 0.251 e. The van der Waals surface area contributed by atoms with Crippen molar-refractivity contribution >= 4 is 28.6 Å². The van der Waals surface area contributed by atoms with Crippen LogP contribution in [0, 0.1) is 24.7 Å². The van der Waals surface area contributed by atoms with Crippen LogP contribution in [0.15, 0.2) is 35.3 Å². The first-order valence-electron chi connectivity index (χ1n) is 14.4. The Hall–Kier alpha value is -2.96. The lowest BCUT2D eigenvalue weighted by Gasteiger charge is -2.44. The van der Waals surface area contributed by atoms with Crippen molar-refractivity contribution < 1.29 is 9.59 Å². The number of carbonyl (C=O) groups is 2. The molecule has 2 aromatic rings. The van der Waals surface area contributed by atoms with Gasteiger partial charge >= 0.3 is 0 Å². The Balaban J connectivity index is 1.21. The van der Waals surface area contributed by atoms with Gasteiger partial charge in [-0.3, -0.25) is 14.6 Å². The Labute approximate surface area is 219 Å². The van der Waals surface area contributed by atoms with E-state index < -0.39 is 0 Å². The van der Waals surface area contributed by atoms with Crippen LogP contribution in [0.2, 0.25) is 0 Å². The molecule has 1 saturated heterocycles. The highest BCUT2D eigenvalue weighted by atomic mass is 16.2. The van der Waals surface area contributed by atoms with Crippen molar-refractivity contribution in [2.45, 2.75) is 89.8 Å². The summed E-state index contributed by atoms with van der Waals surface area (Å²) >= 11 is 0. The summed E-state index contributed by atoms with van der Waals surface area (Å²) in [6.07, 6.45) is 13.7. The van der Waals surface area contributed by atoms with Crippen LogP contribution in [0.4, 0.5) is 0 Å². The van der Waals surface area contributed by atoms with Crippen LogP contribution in [0.1, 0.15) is 80.9 Å². The standard InChI is InChI=1S/C30H39N5O2/c1-3-8-23-21-15-16-35(28(21)20-9-4-6-11-24(20)33-23)30(37)22-10-5-7-12-25(22)34-29(36)19-13-14-26-27(17-19)32-18(2)31-26/h6,11,13-14,17,20-23,25,28H,3-5,7-10,12,15-16H2,1-2H3,(H,31,32)(H,34,36)/t20?,21-,22+,23+,25-,28+/m1/s1. The molecule has 4 aliphatic rings. The number of allylic oxidation sites excluding steroid dienone is 2. The van der Waals surface area contributed by atoms with Gasteiger partial charge in [-0.15, -0.1) is 0 Å². The second-order valence-corrected chi connectivity index (χ2v) is 11.5. The lowest BCUT2D eigenvalue weighted by atomic mass is 9.73. The van der Waals surface area contributed by atoms with E-state index in [9.17, 15) is 9.59 Å². The molecule has 1 aromatic heterocycles. The van der Waals surface area contributed by atoms with Gasteiger partial charge in [-0.05, 0) is 69.7 Å². The van der Waals surface area contributed by atoms with E-state index in [1.165, 1.54) is 5.71 Å². The van der Waals surface area contributed by atoms with Gasteiger partial charge in [0.15, 0.2) is 0 Å². The molecular weight excluding hydrogens is 462 g/mol. The minimum absolute atomic E-state index is 0.106. The summed E-state index contributed by atoms with van der Waals surface area (Å²) in [5.74, 6) is 1.65. The van der Waals surface area contributed by atoms with E-state index in [2.05, 4.69) is 39.3 Å². The van der Waals surface area contributed by atoms with Gasteiger partial charge in [0.2, 0.25) is 5.91 Å². The Kier molecular flexibility index (Phi) is 6.63. The molecule has 37 heavy (non-hydrogen) atoms. The third kappa shape index (κ3) is 4.51. The Morgan fingerprint density at radius 1 is 1.16 bits per heavy atom. The number of imidazole rings is 1. The molecule has 0 bridgehead atoms. The molecule has 6 rings (SSSR count). The minimum atomic E-state index is -0.152. The third-order valence-electron chi connectivity index (χ3n) is 9.17. The van der Waals surface area contributed by atoms with E-state index in [1.807, 2.05) is 25.1 Å². The quantitative estimate of drug-likeness (QED) is 0.606. The van der Waals surface area contributed by atoms with Gasteiger partial charge in [-0.1, -0.05) is 32.3 Å². The van der Waals surface area contributed by atoms with Gasteiger partial charge in [0.05, 0.1) is 23.0 Å². The zero-order chi connectivity index (χ0) is 25.5. The number of amides is 2. The first kappa shape index (κ1) is 24.4. The fourth-order valence-corrected chi connectivity index (χ4v) is 7.47. The fourth-order valence-electron chi connectivity index (χ4n) is 7.47. The monoisotopic (exact) mass is 501 g/mol. The predicted molar refractivity (Wildman–Crippen MR) is 146 cm³/mol. The summed E-state index contributed by atoms with van der Waals surface area (Å²) in [6.45, 7) is 4.97. The van der Waals surface area contributed by atoms with Crippen molar-refractivity contribution in [1.29, 1.82) is 0 Å². The summed E-state index contributed by atoms with van der Waals surface area (Å²) in [6, 6.07) is 6.03. The molecule has 2 amide bonds. The van der Waals surface area contributed by atoms with Crippen molar-refractivity contribution in [2.75, 3.05) is 6.54 Å². The predicted octanol–water partition coefficient (Wildman–Crippen LogP) is 4.97. The number of nitrogens with one attached hydrogen (secondary N) is 2. The molecular formula is C30H39N5O2. The molecule has 1 saturated carbocycles. The van der Waals surface area contributed by atoms with E-state index >= 15 is 0 Å². The van der Waals surface area contributed by atoms with Crippen LogP contribution >= 0.6 is 0 Å². The number of rotatable bonds is 5. The van der Waals surface area contributed by atoms with Gasteiger partial charge in [-0.2, -0.15) is 0 Å². The van der Waals surface area contributed by atoms with Crippen LogP contribution in [0.5, 0.6) is 0 Å². The molecule has 3 heterocycles. The highest BCUT2D eigenvalue weighted by molar-refractivity contribution is 6.00. The zero-order valence-electron chi connectivity index (χ0n) is 22.1. The number of hydrogen-bond donors (Lipinski definition) is 2. The third-order valence-corrected chi connectivity index (χ3v) is 9.17. The van der Waals surface area contributed by atoms with Gasteiger partial charge in [0.1, 0.15) is 5.82 Å². The maximum atomic E-state index is 14.2. The van der Waals surface area contributed by atoms with Crippen molar-refractivity contribution in [3.8, 4) is 0 Å². The minimum Gasteiger partial charge on any atom is -0.349 e. The molecule has 7 heteroatoms. The van der Waals surface area contributed by atoms with Gasteiger partial charge < -0.3 is 15.2 Å². The first-order valence-corrected chi connectivity index (χ1v) is 14.4. The topological polar surface area (TPSA) is 90.4 Å². The molecule has 2 aliphatic carbocycles. The summed E-state index contributed by atoms with van der Waals surface area (Å²) in [4.78, 5) is 42.6. The number of hydrogen-bond acceptors (Lipinski definition) is 4. The second-order valence-electron chi connectivity index (χ2n) is 11.5. The van der Waals surface area contributed by atoms with Crippen molar-refractivity contribution in [3.63, 3.8) is 0 Å². The normalized spacial score (nSPS) is 31.1. The van der Waals surface area contributed by atoms with E-state index in [0.717, 1.165) is 81.2 Å². The summed E-state index contributed by atoms with van der Waals surface area (Å²) < 4.78 is 0. The van der Waals surface area contributed by atoms with Crippen molar-refractivity contribution in [2.24, 2.45) is 22.7 Å². The number of likely N-dealkylation sites (tertiary alicyclic amines) is 1. The van der Waals surface area contributed by atoms with Crippen LogP contribution < -0.4 is 5.32 Å². The highest BCUT2D eigenvalue weighted by Gasteiger charge is 2.50. The molecule has 2 fully saturated rings. The number of aryl methyl sites for hydroxylation is 1. The average Bonchev–Trinajstić information content (AvgIpc) is 3.52. The summed E-state index contributed by atoms with van der Waals surface area (Å²) in [5.41, 5.74) is 3.54. The molecule has 1 aromatic carbocycles. The lowest BCUT2D eigenvalue weighted by molar-refractivity contribution is -0.139. The maximum absolute atomic E-state index is 14.2. The van der Waals surface area contributed by atoms with Crippen LogP contribution in [-0.2, 0) is 4.79 Å². The number of nitrogens with zero attached hydrogens (tertiary/aromatic N) is 3. The molecule has 196 valence electrons. The van der Waals surface area contributed by atoms with Crippen LogP contribution in [0.3, 0.4) is 0 Å². The van der Waals surface area contributed by atoms with Crippen molar-refractivity contribution in [1.82, 2.24) is 20.2 Å². The SMILES string of the molecule is CCC[C@@H]1N=C2C=CCCC2[C@H]2[C@@H]1CCN2C(=O)[C@H]1CCCC[C@H]1NC(=O)c1ccc2nc(C)[nH]c2c1. The largest absolute Gasteiger partial charge is 0.349 e. The molecule has 2 aliphatic heterocycles. The Morgan fingerprint density at radius 2 is 2.03 bits per heavy atom. The van der Waals surface area contributed by atoms with Crippen molar-refractivity contribution in [3.05, 3.63) is 41.7 Å². The summed E-state index contributed by atoms with van der Waals surface area (Å²) in [7, 11) is 0. The molecule has 0 radical (unpaired) electrons. The van der Waals surface area contributed by atoms with E-state index in [1.54, 1.807) is 0 Å². The second kappa shape index (κ2) is 10.1. The Morgan fingerprint density at radius 3 is 2.89 bits per heavy atom. The number of aromatic nitrogens is 2. The average molecular weight is 502 g/mol. The van der Waals surface area contributed by atoms with Gasteiger partial charge in [0.25, 0.3) is 5.91 Å². The molecule has 7 nitrogen and oxygen atoms in total. The van der Waals surface area contributed by atoms with E-state index in [4.69, 9.17) is 4.99 Å². The van der Waals surface area contributed by atoms with E-state index in [-0.39, 0.29) is 29.8 Å². The van der Waals surface area contributed by atoms with Gasteiger partial charge in [0, 0.05) is 41.7 Å². The smallest absolute Gasteiger partial charge is 0.251 e. The highest BCUT2D eigenvalue weighted by Crippen LogP contribution is 2.43. The fraction of sp³-hybridized carbons (Fsp3) is 0.600. The molecule has 0 spiro atoms. The lowest BCUT2D eigenvalue weighted by Crippen LogP contribution is -2.55. The summed E-state index contributed by atoms with van der Waals surface area (Å²) in [5, 5.41) is 3.26. The van der Waals surface area contributed by atoms with Gasteiger partial charge in [-0.25, -0.2) is 4.98 Å². The zero-order valence-corrected chi connectivity index (χ0v) is 22.1. The molecule has 6 atom stereocenters. The Bertz CT molecular complexity index is 1250. The van der Waals surface area contributed by atoms with Crippen LogP contribution in [-0.4, -0.2) is 57.1 Å². The number of carbonyl (C=O) groups excluding carboxylic acids is 2. The molecule has 2 N–H and O–H groups in total. The number of aromatic amines is 1. The number of H-pyrrole nitrogens is 1. The number of aliphatic imine (C=N–C) groups is 1. The molecule has 1 unspecified atom stereocenters. The van der Waals surface area contributed by atoms with E-state index in [0.29, 0.717) is 23.4 Å². The van der Waals surface area contributed by atoms with Crippen LogP contribution in [0.25, 0.3) is 11.0 Å². The number of benzene rings is 1. The number of fused-ring (bicyclic) bond motifs is 4. The first-order chi connectivity index (χ1) is 18.0.